The Morgan fingerprint density at radius 2 is 1.18 bits per heavy atom. The van der Waals surface area contributed by atoms with Crippen molar-refractivity contribution < 1.29 is 14.6 Å². The molecule has 0 radical (unpaired) electrons. The number of aliphatic hydroxyl groups is 1. The Labute approximate surface area is 275 Å². The molecule has 248 valence electrons. The van der Waals surface area contributed by atoms with Gasteiger partial charge in [-0.05, 0) is 92.7 Å². The molecular formula is C42H62O3. The third-order valence-corrected chi connectivity index (χ3v) is 10.2. The first kappa shape index (κ1) is 37.0. The molecule has 3 fully saturated rings. The molecule has 2 aliphatic heterocycles. The van der Waals surface area contributed by atoms with Gasteiger partial charge in [0.1, 0.15) is 16.8 Å². The zero-order chi connectivity index (χ0) is 33.9. The minimum absolute atomic E-state index is 0.0209. The van der Waals surface area contributed by atoms with Crippen molar-refractivity contribution in [1.29, 1.82) is 0 Å². The standard InChI is InChI=1S/C42H62O3/c1-31(20-16-22-33(3)24-26-41(39(11,12)44-41)38(9,10)30-36(6)43)18-14-15-19-32(2)21-17-23-34(4)25-27-42-37(7,8)28-35(5)29-40(42,13)45-42/h14-27,35-36,43H,28-30H2,1-13H3/b15-14+,20-16+,21-17+,26-24+,27-25+,31-18+,32-19+,33-22+,34-23+/t35-,36+,40+,41-,42-/m0/s1. The lowest BCUT2D eigenvalue weighted by Gasteiger charge is -2.39. The summed E-state index contributed by atoms with van der Waals surface area (Å²) in [5.74, 6) is 0.706. The Hall–Kier alpha value is -2.46. The van der Waals surface area contributed by atoms with Crippen molar-refractivity contribution in [3.05, 3.63) is 107 Å². The average molecular weight is 615 g/mol. The first-order chi connectivity index (χ1) is 20.7. The lowest BCUT2D eigenvalue weighted by atomic mass is 9.61. The predicted octanol–water partition coefficient (Wildman–Crippen LogP) is 10.9. The maximum Gasteiger partial charge on any atom is 0.121 e. The molecule has 2 heterocycles. The molecule has 3 heteroatoms. The number of ether oxygens (including phenoxy) is 2. The number of rotatable bonds is 13. The number of hydrogen-bond donors (Lipinski definition) is 1. The van der Waals surface area contributed by atoms with Crippen LogP contribution >= 0.6 is 0 Å². The van der Waals surface area contributed by atoms with Crippen molar-refractivity contribution in [1.82, 2.24) is 0 Å². The highest BCUT2D eigenvalue weighted by atomic mass is 16.6. The van der Waals surface area contributed by atoms with Crippen LogP contribution in [-0.4, -0.2) is 33.6 Å². The summed E-state index contributed by atoms with van der Waals surface area (Å²) in [6, 6.07) is 0. The molecule has 0 unspecified atom stereocenters. The summed E-state index contributed by atoms with van der Waals surface area (Å²) in [7, 11) is 0. The van der Waals surface area contributed by atoms with Crippen molar-refractivity contribution >= 4 is 0 Å². The van der Waals surface area contributed by atoms with E-state index in [0.717, 1.165) is 12.0 Å². The Morgan fingerprint density at radius 1 is 0.733 bits per heavy atom. The molecule has 1 N–H and O–H groups in total. The molecule has 3 nitrogen and oxygen atoms in total. The van der Waals surface area contributed by atoms with E-state index in [1.807, 2.05) is 6.92 Å². The summed E-state index contributed by atoms with van der Waals surface area (Å²) in [4.78, 5) is 0. The lowest BCUT2D eigenvalue weighted by molar-refractivity contribution is 0.0849. The number of hydrogen-bond acceptors (Lipinski definition) is 3. The second-order valence-electron chi connectivity index (χ2n) is 16.2. The Bertz CT molecular complexity index is 1350. The van der Waals surface area contributed by atoms with Crippen LogP contribution in [0.25, 0.3) is 0 Å². The van der Waals surface area contributed by atoms with Gasteiger partial charge in [0.15, 0.2) is 0 Å². The van der Waals surface area contributed by atoms with E-state index in [0.29, 0.717) is 12.3 Å². The smallest absolute Gasteiger partial charge is 0.121 e. The highest BCUT2D eigenvalue weighted by Crippen LogP contribution is 2.67. The molecule has 0 bridgehead atoms. The molecule has 5 atom stereocenters. The summed E-state index contributed by atoms with van der Waals surface area (Å²) in [6.45, 7) is 28.3. The van der Waals surface area contributed by atoms with Gasteiger partial charge in [0.2, 0.25) is 0 Å². The van der Waals surface area contributed by atoms with Gasteiger partial charge in [-0.15, -0.1) is 0 Å². The molecule has 0 amide bonds. The van der Waals surface area contributed by atoms with Crippen LogP contribution in [0.1, 0.15) is 109 Å². The normalized spacial score (nSPS) is 33.2. The minimum atomic E-state index is -0.373. The maximum absolute atomic E-state index is 10.0. The minimum Gasteiger partial charge on any atom is -0.393 e. The van der Waals surface area contributed by atoms with E-state index in [4.69, 9.17) is 9.47 Å². The maximum atomic E-state index is 10.0. The number of epoxide rings is 2. The second-order valence-corrected chi connectivity index (χ2v) is 16.2. The summed E-state index contributed by atoms with van der Waals surface area (Å²) in [6.07, 6.45) is 32.7. The number of aliphatic hydroxyl groups excluding tert-OH is 1. The average Bonchev–Trinajstić information content (AvgIpc) is 3.71. The molecule has 0 aromatic heterocycles. The largest absolute Gasteiger partial charge is 0.393 e. The molecule has 2 saturated heterocycles. The second kappa shape index (κ2) is 13.7. The Kier molecular flexibility index (Phi) is 11.3. The van der Waals surface area contributed by atoms with Crippen molar-refractivity contribution in [2.45, 2.75) is 138 Å². The fraction of sp³-hybridized carbons (Fsp3) is 0.571. The van der Waals surface area contributed by atoms with E-state index in [1.54, 1.807) is 0 Å². The summed E-state index contributed by atoms with van der Waals surface area (Å²) >= 11 is 0. The highest BCUT2D eigenvalue weighted by molar-refractivity contribution is 5.37. The van der Waals surface area contributed by atoms with Gasteiger partial charge < -0.3 is 14.6 Å². The van der Waals surface area contributed by atoms with Crippen LogP contribution < -0.4 is 0 Å². The van der Waals surface area contributed by atoms with Crippen LogP contribution in [0.2, 0.25) is 0 Å². The monoisotopic (exact) mass is 614 g/mol. The lowest BCUT2D eigenvalue weighted by Crippen LogP contribution is -2.43. The first-order valence-electron chi connectivity index (χ1n) is 16.9. The van der Waals surface area contributed by atoms with Gasteiger partial charge in [0.25, 0.3) is 0 Å². The van der Waals surface area contributed by atoms with Crippen LogP contribution in [0, 0.1) is 16.7 Å². The molecule has 0 aromatic rings. The summed E-state index contributed by atoms with van der Waals surface area (Å²) in [5.41, 5.74) is 3.98. The van der Waals surface area contributed by atoms with Crippen molar-refractivity contribution in [3.8, 4) is 0 Å². The molecule has 0 aromatic carbocycles. The van der Waals surface area contributed by atoms with E-state index < -0.39 is 0 Å². The summed E-state index contributed by atoms with van der Waals surface area (Å²) in [5, 5.41) is 10.0. The third-order valence-electron chi connectivity index (χ3n) is 10.2. The van der Waals surface area contributed by atoms with Crippen LogP contribution in [0.5, 0.6) is 0 Å². The van der Waals surface area contributed by atoms with Gasteiger partial charge in [0.05, 0.1) is 11.7 Å². The van der Waals surface area contributed by atoms with Gasteiger partial charge in [-0.25, -0.2) is 0 Å². The van der Waals surface area contributed by atoms with E-state index >= 15 is 0 Å². The van der Waals surface area contributed by atoms with Gasteiger partial charge >= 0.3 is 0 Å². The molecule has 1 saturated carbocycles. The molecule has 3 rings (SSSR count). The van der Waals surface area contributed by atoms with Gasteiger partial charge in [-0.2, -0.15) is 0 Å². The third kappa shape index (κ3) is 8.47. The van der Waals surface area contributed by atoms with Gasteiger partial charge in [-0.3, -0.25) is 0 Å². The first-order valence-corrected chi connectivity index (χ1v) is 16.9. The van der Waals surface area contributed by atoms with E-state index in [9.17, 15) is 5.11 Å². The fourth-order valence-electron chi connectivity index (χ4n) is 8.09. The van der Waals surface area contributed by atoms with Crippen LogP contribution in [0.4, 0.5) is 0 Å². The van der Waals surface area contributed by atoms with Crippen LogP contribution in [0.3, 0.4) is 0 Å². The molecule has 45 heavy (non-hydrogen) atoms. The Balaban J connectivity index is 1.51. The topological polar surface area (TPSA) is 45.3 Å². The quantitative estimate of drug-likeness (QED) is 0.166. The van der Waals surface area contributed by atoms with Gasteiger partial charge in [-0.1, -0.05) is 130 Å². The zero-order valence-corrected chi connectivity index (χ0v) is 30.6. The molecule has 0 spiro atoms. The van der Waals surface area contributed by atoms with Crippen molar-refractivity contribution in [2.24, 2.45) is 16.7 Å². The van der Waals surface area contributed by atoms with Crippen molar-refractivity contribution in [2.75, 3.05) is 0 Å². The zero-order valence-electron chi connectivity index (χ0n) is 30.6. The highest BCUT2D eigenvalue weighted by Gasteiger charge is 2.74. The van der Waals surface area contributed by atoms with E-state index in [-0.39, 0.29) is 39.3 Å². The molecule has 3 aliphatic rings. The number of allylic oxidation sites excluding steroid dienone is 16. The number of fused-ring (bicyclic) bond motifs is 1. The molecular weight excluding hydrogens is 552 g/mol. The van der Waals surface area contributed by atoms with E-state index in [1.165, 1.54) is 23.1 Å². The summed E-state index contributed by atoms with van der Waals surface area (Å²) < 4.78 is 12.6. The van der Waals surface area contributed by atoms with Crippen LogP contribution in [-0.2, 0) is 9.47 Å². The van der Waals surface area contributed by atoms with Crippen molar-refractivity contribution in [3.63, 3.8) is 0 Å². The Morgan fingerprint density at radius 3 is 1.62 bits per heavy atom. The van der Waals surface area contributed by atoms with Gasteiger partial charge in [0, 0.05) is 10.8 Å². The predicted molar refractivity (Wildman–Crippen MR) is 193 cm³/mol. The van der Waals surface area contributed by atoms with E-state index in [2.05, 4.69) is 168 Å². The SMILES string of the molecule is CC(/C=C/C=C(C)/C=C/[C@@]1(C(C)(C)C[C@@H](C)O)OC1(C)C)=C\C=C\C=C(C)\C=C\C=C(C)\C=C\[C@@]12O[C@]1(C)C[C@@H](C)CC2(C)C. The van der Waals surface area contributed by atoms with Crippen LogP contribution in [0.15, 0.2) is 107 Å². The molecule has 1 aliphatic carbocycles. The fourth-order valence-corrected chi connectivity index (χ4v) is 8.09.